The van der Waals surface area contributed by atoms with Crippen LogP contribution < -0.4 is 10.2 Å². The molecule has 1 atom stereocenters. The highest BCUT2D eigenvalue weighted by Gasteiger charge is 2.08. The van der Waals surface area contributed by atoms with Gasteiger partial charge in [-0.3, -0.25) is 0 Å². The zero-order valence-corrected chi connectivity index (χ0v) is 11.1. The van der Waals surface area contributed by atoms with Gasteiger partial charge in [0.25, 0.3) is 0 Å². The Hall–Kier alpha value is -1.06. The molecule has 0 saturated carbocycles. The average molecular weight is 236 g/mol. The first kappa shape index (κ1) is 14.0. The average Bonchev–Trinajstić information content (AvgIpc) is 2.36. The van der Waals surface area contributed by atoms with Crippen LogP contribution in [0.1, 0.15) is 18.9 Å². The maximum atomic E-state index is 9.14. The lowest BCUT2D eigenvalue weighted by molar-refractivity contribution is 0.243. The second-order valence-electron chi connectivity index (χ2n) is 4.37. The number of aliphatic hydroxyl groups is 1. The van der Waals surface area contributed by atoms with E-state index in [1.165, 1.54) is 11.3 Å². The summed E-state index contributed by atoms with van der Waals surface area (Å²) in [5.41, 5.74) is 2.54. The summed E-state index contributed by atoms with van der Waals surface area (Å²) in [6.07, 6.45) is 0.953. The normalized spacial score (nSPS) is 12.5. The highest BCUT2D eigenvalue weighted by Crippen LogP contribution is 2.15. The van der Waals surface area contributed by atoms with E-state index in [1.807, 2.05) is 7.05 Å². The molecule has 1 unspecified atom stereocenters. The molecular formula is C14H24N2O. The number of aryl methyl sites for hydroxylation is 1. The zero-order chi connectivity index (χ0) is 12.7. The maximum Gasteiger partial charge on any atom is 0.0585 e. The van der Waals surface area contributed by atoms with Crippen LogP contribution in [0.2, 0.25) is 0 Å². The molecule has 1 aromatic rings. The second-order valence-corrected chi connectivity index (χ2v) is 4.37. The van der Waals surface area contributed by atoms with Gasteiger partial charge in [0, 0.05) is 24.8 Å². The van der Waals surface area contributed by atoms with Crippen molar-refractivity contribution in [3.05, 3.63) is 29.8 Å². The number of nitrogens with zero attached hydrogens (tertiary/aromatic N) is 1. The molecule has 0 aromatic heterocycles. The van der Waals surface area contributed by atoms with Crippen LogP contribution in [0.5, 0.6) is 0 Å². The molecule has 0 aliphatic carbocycles. The number of anilines is 1. The fourth-order valence-corrected chi connectivity index (χ4v) is 1.86. The number of nitrogens with one attached hydrogen (secondary N) is 1. The first-order valence-electron chi connectivity index (χ1n) is 6.31. The van der Waals surface area contributed by atoms with E-state index in [2.05, 4.69) is 48.3 Å². The number of hydrogen-bond acceptors (Lipinski definition) is 3. The number of hydrogen-bond donors (Lipinski definition) is 2. The van der Waals surface area contributed by atoms with Crippen molar-refractivity contribution in [3.63, 3.8) is 0 Å². The quantitative estimate of drug-likeness (QED) is 0.757. The number of aliphatic hydroxyl groups excluding tert-OH is 1. The Balaban J connectivity index is 2.56. The summed E-state index contributed by atoms with van der Waals surface area (Å²) < 4.78 is 0. The number of rotatable bonds is 7. The predicted octanol–water partition coefficient (Wildman–Crippen LogP) is 1.79. The molecule has 0 heterocycles. The Bertz CT molecular complexity index is 307. The van der Waals surface area contributed by atoms with Crippen molar-refractivity contribution in [1.82, 2.24) is 5.32 Å². The van der Waals surface area contributed by atoms with Crippen molar-refractivity contribution in [2.45, 2.75) is 26.3 Å². The van der Waals surface area contributed by atoms with Crippen LogP contribution in [0, 0.1) is 6.92 Å². The summed E-state index contributed by atoms with van der Waals surface area (Å²) >= 11 is 0. The van der Waals surface area contributed by atoms with E-state index in [9.17, 15) is 0 Å². The van der Waals surface area contributed by atoms with Crippen molar-refractivity contribution in [1.29, 1.82) is 0 Å². The third-order valence-electron chi connectivity index (χ3n) is 3.16. The summed E-state index contributed by atoms with van der Waals surface area (Å²) in [6.45, 7) is 6.41. The first-order chi connectivity index (χ1) is 8.21. The van der Waals surface area contributed by atoms with Gasteiger partial charge in [-0.1, -0.05) is 17.7 Å². The molecule has 1 aromatic carbocycles. The van der Waals surface area contributed by atoms with Crippen LogP contribution in [0.15, 0.2) is 24.3 Å². The predicted molar refractivity (Wildman–Crippen MR) is 73.6 cm³/mol. The molecule has 0 amide bonds. The molecule has 0 fully saturated rings. The standard InChI is InChI=1S/C14H24N2O/c1-4-16(10-9-13(11-17)15-3)14-7-5-12(2)6-8-14/h5-8,13,15,17H,4,9-11H2,1-3H3. The fourth-order valence-electron chi connectivity index (χ4n) is 1.86. The van der Waals surface area contributed by atoms with Crippen LogP contribution in [0.4, 0.5) is 5.69 Å². The first-order valence-corrected chi connectivity index (χ1v) is 6.31. The molecule has 0 radical (unpaired) electrons. The van der Waals surface area contributed by atoms with E-state index in [1.54, 1.807) is 0 Å². The SMILES string of the molecule is CCN(CCC(CO)NC)c1ccc(C)cc1. The van der Waals surface area contributed by atoms with Gasteiger partial charge in [-0.25, -0.2) is 0 Å². The van der Waals surface area contributed by atoms with Gasteiger partial charge in [-0.05, 0) is 39.4 Å². The van der Waals surface area contributed by atoms with Gasteiger partial charge in [0.05, 0.1) is 6.61 Å². The van der Waals surface area contributed by atoms with E-state index < -0.39 is 0 Å². The van der Waals surface area contributed by atoms with Gasteiger partial charge in [-0.15, -0.1) is 0 Å². The molecule has 2 N–H and O–H groups in total. The molecule has 0 bridgehead atoms. The lowest BCUT2D eigenvalue weighted by atomic mass is 10.2. The zero-order valence-electron chi connectivity index (χ0n) is 11.1. The molecule has 3 heteroatoms. The smallest absolute Gasteiger partial charge is 0.0585 e. The Morgan fingerprint density at radius 2 is 1.94 bits per heavy atom. The molecule has 0 spiro atoms. The van der Waals surface area contributed by atoms with Gasteiger partial charge in [0.15, 0.2) is 0 Å². The van der Waals surface area contributed by atoms with Crippen molar-refractivity contribution in [2.24, 2.45) is 0 Å². The van der Waals surface area contributed by atoms with E-state index in [-0.39, 0.29) is 12.6 Å². The number of likely N-dealkylation sites (N-methyl/N-ethyl adjacent to an activating group) is 1. The van der Waals surface area contributed by atoms with Crippen molar-refractivity contribution >= 4 is 5.69 Å². The van der Waals surface area contributed by atoms with Crippen molar-refractivity contribution in [2.75, 3.05) is 31.6 Å². The Labute approximate surface area is 104 Å². The van der Waals surface area contributed by atoms with Crippen LogP contribution in [-0.4, -0.2) is 37.9 Å². The summed E-state index contributed by atoms with van der Waals surface area (Å²) in [5.74, 6) is 0. The van der Waals surface area contributed by atoms with E-state index in [0.717, 1.165) is 19.5 Å². The molecule has 1 rings (SSSR count). The third-order valence-corrected chi connectivity index (χ3v) is 3.16. The van der Waals surface area contributed by atoms with Gasteiger partial charge in [-0.2, -0.15) is 0 Å². The van der Waals surface area contributed by atoms with E-state index >= 15 is 0 Å². The molecule has 96 valence electrons. The minimum absolute atomic E-state index is 0.189. The molecule has 0 aliphatic heterocycles. The Kier molecular flexibility index (Phi) is 6.01. The van der Waals surface area contributed by atoms with Gasteiger partial charge < -0.3 is 15.3 Å². The van der Waals surface area contributed by atoms with Gasteiger partial charge in [0.2, 0.25) is 0 Å². The molecular weight excluding hydrogens is 212 g/mol. The van der Waals surface area contributed by atoms with Crippen molar-refractivity contribution in [3.8, 4) is 0 Å². The fraction of sp³-hybridized carbons (Fsp3) is 0.571. The van der Waals surface area contributed by atoms with Gasteiger partial charge in [0.1, 0.15) is 0 Å². The minimum atomic E-state index is 0.189. The topological polar surface area (TPSA) is 35.5 Å². The number of benzene rings is 1. The summed E-state index contributed by atoms with van der Waals surface area (Å²) in [4.78, 5) is 2.33. The monoisotopic (exact) mass is 236 g/mol. The van der Waals surface area contributed by atoms with Crippen LogP contribution >= 0.6 is 0 Å². The highest BCUT2D eigenvalue weighted by atomic mass is 16.3. The lowest BCUT2D eigenvalue weighted by Crippen LogP contribution is -2.34. The van der Waals surface area contributed by atoms with Crippen LogP contribution in [-0.2, 0) is 0 Å². The van der Waals surface area contributed by atoms with E-state index in [4.69, 9.17) is 5.11 Å². The molecule has 17 heavy (non-hydrogen) atoms. The Morgan fingerprint density at radius 3 is 2.41 bits per heavy atom. The summed E-state index contributed by atoms with van der Waals surface area (Å²) in [5, 5.41) is 12.3. The van der Waals surface area contributed by atoms with Crippen molar-refractivity contribution < 1.29 is 5.11 Å². The van der Waals surface area contributed by atoms with Crippen LogP contribution in [0.25, 0.3) is 0 Å². The largest absolute Gasteiger partial charge is 0.395 e. The Morgan fingerprint density at radius 1 is 1.29 bits per heavy atom. The minimum Gasteiger partial charge on any atom is -0.395 e. The molecule has 0 saturated heterocycles. The lowest BCUT2D eigenvalue weighted by Gasteiger charge is -2.25. The van der Waals surface area contributed by atoms with Gasteiger partial charge >= 0.3 is 0 Å². The highest BCUT2D eigenvalue weighted by molar-refractivity contribution is 5.47. The molecule has 3 nitrogen and oxygen atoms in total. The summed E-state index contributed by atoms with van der Waals surface area (Å²) in [6, 6.07) is 8.78. The molecule has 0 aliphatic rings. The second kappa shape index (κ2) is 7.30. The van der Waals surface area contributed by atoms with E-state index in [0.29, 0.717) is 0 Å². The third kappa shape index (κ3) is 4.36. The van der Waals surface area contributed by atoms with Crippen LogP contribution in [0.3, 0.4) is 0 Å². The maximum absolute atomic E-state index is 9.14. The summed E-state index contributed by atoms with van der Waals surface area (Å²) in [7, 11) is 1.89.